The van der Waals surface area contributed by atoms with E-state index in [1.807, 2.05) is 23.8 Å². The molecule has 1 rings (SSSR count). The molecule has 1 amide bonds. The Morgan fingerprint density at radius 3 is 2.87 bits per heavy atom. The van der Waals surface area contributed by atoms with E-state index in [9.17, 15) is 4.79 Å². The van der Waals surface area contributed by atoms with Crippen molar-refractivity contribution in [3.63, 3.8) is 0 Å². The van der Waals surface area contributed by atoms with Crippen LogP contribution in [0.4, 0.5) is 0 Å². The van der Waals surface area contributed by atoms with Gasteiger partial charge in [0.2, 0.25) is 5.91 Å². The first-order chi connectivity index (χ1) is 7.09. The van der Waals surface area contributed by atoms with Gasteiger partial charge in [0, 0.05) is 10.9 Å². The number of halogens is 1. The van der Waals surface area contributed by atoms with Crippen molar-refractivity contribution in [2.24, 2.45) is 0 Å². The van der Waals surface area contributed by atoms with Crippen LogP contribution < -0.4 is 5.32 Å². The third-order valence-electron chi connectivity index (χ3n) is 2.46. The number of amides is 1. The molecular weight excluding hydrogens is 274 g/mol. The Bertz CT molecular complexity index is 306. The summed E-state index contributed by atoms with van der Waals surface area (Å²) >= 11 is 5.05. The SMILES string of the molecule is CCC(C)(CBr)NC(=O)Cc1ccsc1. The quantitative estimate of drug-likeness (QED) is 0.830. The molecule has 0 spiro atoms. The number of thiophene rings is 1. The lowest BCUT2D eigenvalue weighted by Gasteiger charge is -2.27. The van der Waals surface area contributed by atoms with Gasteiger partial charge < -0.3 is 5.32 Å². The van der Waals surface area contributed by atoms with Gasteiger partial charge in [-0.3, -0.25) is 4.79 Å². The maximum Gasteiger partial charge on any atom is 0.224 e. The van der Waals surface area contributed by atoms with Gasteiger partial charge in [-0.1, -0.05) is 22.9 Å². The Balaban J connectivity index is 2.49. The molecule has 0 aliphatic carbocycles. The van der Waals surface area contributed by atoms with Crippen LogP contribution in [0.25, 0.3) is 0 Å². The van der Waals surface area contributed by atoms with Gasteiger partial charge in [0.15, 0.2) is 0 Å². The Morgan fingerprint density at radius 2 is 2.40 bits per heavy atom. The third-order valence-corrected chi connectivity index (χ3v) is 4.43. The number of carbonyl (C=O) groups excluding carboxylic acids is 1. The van der Waals surface area contributed by atoms with Crippen LogP contribution in [0.5, 0.6) is 0 Å². The molecule has 0 aliphatic heterocycles. The highest BCUT2D eigenvalue weighted by Crippen LogP contribution is 2.13. The van der Waals surface area contributed by atoms with Crippen molar-refractivity contribution in [3.8, 4) is 0 Å². The predicted molar refractivity (Wildman–Crippen MR) is 68.7 cm³/mol. The van der Waals surface area contributed by atoms with Crippen molar-refractivity contribution in [2.75, 3.05) is 5.33 Å². The van der Waals surface area contributed by atoms with E-state index in [-0.39, 0.29) is 11.4 Å². The van der Waals surface area contributed by atoms with E-state index >= 15 is 0 Å². The van der Waals surface area contributed by atoms with Gasteiger partial charge in [-0.2, -0.15) is 11.3 Å². The van der Waals surface area contributed by atoms with Crippen LogP contribution in [0, 0.1) is 0 Å². The number of hydrogen-bond acceptors (Lipinski definition) is 2. The molecule has 84 valence electrons. The van der Waals surface area contributed by atoms with Gasteiger partial charge in [-0.25, -0.2) is 0 Å². The fraction of sp³-hybridized carbons (Fsp3) is 0.545. The van der Waals surface area contributed by atoms with E-state index in [1.165, 1.54) is 0 Å². The zero-order valence-corrected chi connectivity index (χ0v) is 11.5. The molecule has 0 saturated heterocycles. The van der Waals surface area contributed by atoms with Crippen LogP contribution in [0.3, 0.4) is 0 Å². The van der Waals surface area contributed by atoms with E-state index < -0.39 is 0 Å². The minimum atomic E-state index is -0.132. The summed E-state index contributed by atoms with van der Waals surface area (Å²) in [6.45, 7) is 4.12. The first-order valence-electron chi connectivity index (χ1n) is 4.97. The Hall–Kier alpha value is -0.350. The largest absolute Gasteiger partial charge is 0.350 e. The first-order valence-corrected chi connectivity index (χ1v) is 7.04. The highest BCUT2D eigenvalue weighted by molar-refractivity contribution is 9.09. The van der Waals surface area contributed by atoms with Gasteiger partial charge in [0.05, 0.1) is 6.42 Å². The highest BCUT2D eigenvalue weighted by Gasteiger charge is 2.22. The second-order valence-corrected chi connectivity index (χ2v) is 5.25. The number of nitrogens with one attached hydrogen (secondary N) is 1. The summed E-state index contributed by atoms with van der Waals surface area (Å²) < 4.78 is 0. The molecule has 0 saturated carbocycles. The van der Waals surface area contributed by atoms with Crippen LogP contribution in [0.1, 0.15) is 25.8 Å². The molecule has 0 aliphatic rings. The molecule has 0 bridgehead atoms. The zero-order chi connectivity index (χ0) is 11.3. The maximum absolute atomic E-state index is 11.7. The molecule has 2 nitrogen and oxygen atoms in total. The minimum Gasteiger partial charge on any atom is -0.350 e. The van der Waals surface area contributed by atoms with E-state index in [4.69, 9.17) is 0 Å². The number of rotatable bonds is 5. The Morgan fingerprint density at radius 1 is 1.67 bits per heavy atom. The molecule has 1 atom stereocenters. The fourth-order valence-electron chi connectivity index (χ4n) is 1.18. The zero-order valence-electron chi connectivity index (χ0n) is 9.05. The van der Waals surface area contributed by atoms with Gasteiger partial charge in [-0.15, -0.1) is 0 Å². The maximum atomic E-state index is 11.7. The summed E-state index contributed by atoms with van der Waals surface area (Å²) in [5.41, 5.74) is 0.957. The summed E-state index contributed by atoms with van der Waals surface area (Å²) in [4.78, 5) is 11.7. The van der Waals surface area contributed by atoms with Crippen molar-refractivity contribution in [2.45, 2.75) is 32.2 Å². The van der Waals surface area contributed by atoms with Crippen LogP contribution in [0.2, 0.25) is 0 Å². The van der Waals surface area contributed by atoms with Gasteiger partial charge >= 0.3 is 0 Å². The molecule has 1 heterocycles. The van der Waals surface area contributed by atoms with Crippen molar-refractivity contribution >= 4 is 33.2 Å². The average Bonchev–Trinajstić information content (AvgIpc) is 2.70. The van der Waals surface area contributed by atoms with Crippen molar-refractivity contribution < 1.29 is 4.79 Å². The molecule has 0 aromatic carbocycles. The third kappa shape index (κ3) is 3.95. The normalized spacial score (nSPS) is 14.6. The monoisotopic (exact) mass is 289 g/mol. The van der Waals surface area contributed by atoms with Crippen molar-refractivity contribution in [3.05, 3.63) is 22.4 Å². The van der Waals surface area contributed by atoms with Crippen LogP contribution in [-0.2, 0) is 11.2 Å². The highest BCUT2D eigenvalue weighted by atomic mass is 79.9. The van der Waals surface area contributed by atoms with Gasteiger partial charge in [0.1, 0.15) is 0 Å². The summed E-state index contributed by atoms with van der Waals surface area (Å²) in [5.74, 6) is 0.0946. The lowest BCUT2D eigenvalue weighted by molar-refractivity contribution is -0.121. The van der Waals surface area contributed by atoms with Crippen molar-refractivity contribution in [1.82, 2.24) is 5.32 Å². The molecule has 0 radical (unpaired) electrons. The van der Waals surface area contributed by atoms with Gasteiger partial charge in [0.25, 0.3) is 0 Å². The molecule has 15 heavy (non-hydrogen) atoms. The van der Waals surface area contributed by atoms with Gasteiger partial charge in [-0.05, 0) is 35.7 Å². The smallest absolute Gasteiger partial charge is 0.224 e. The molecule has 1 N–H and O–H groups in total. The lowest BCUT2D eigenvalue weighted by atomic mass is 10.0. The predicted octanol–water partition coefficient (Wildman–Crippen LogP) is 2.97. The van der Waals surface area contributed by atoms with E-state index in [1.54, 1.807) is 11.3 Å². The minimum absolute atomic E-state index is 0.0946. The number of alkyl halides is 1. The summed E-state index contributed by atoms with van der Waals surface area (Å²) in [7, 11) is 0. The van der Waals surface area contributed by atoms with Crippen LogP contribution >= 0.6 is 27.3 Å². The Kier molecular flexibility index (Phi) is 4.80. The molecule has 1 aromatic heterocycles. The summed E-state index contributed by atoms with van der Waals surface area (Å²) in [6.07, 6.45) is 1.40. The number of carbonyl (C=O) groups is 1. The molecule has 1 aromatic rings. The summed E-state index contributed by atoms with van der Waals surface area (Å²) in [6, 6.07) is 1.99. The standard InChI is InChI=1S/C11H16BrNOS/c1-3-11(2,8-12)13-10(14)6-9-4-5-15-7-9/h4-5,7H,3,6,8H2,1-2H3,(H,13,14). The molecular formula is C11H16BrNOS. The fourth-order valence-corrected chi connectivity index (χ4v) is 2.38. The van der Waals surface area contributed by atoms with Crippen LogP contribution in [-0.4, -0.2) is 16.8 Å². The topological polar surface area (TPSA) is 29.1 Å². The van der Waals surface area contributed by atoms with E-state index in [2.05, 4.69) is 28.2 Å². The first kappa shape index (κ1) is 12.7. The second kappa shape index (κ2) is 5.66. The lowest BCUT2D eigenvalue weighted by Crippen LogP contribution is -2.47. The molecule has 0 fully saturated rings. The summed E-state index contributed by atoms with van der Waals surface area (Å²) in [5, 5.41) is 7.84. The molecule has 4 heteroatoms. The second-order valence-electron chi connectivity index (χ2n) is 3.90. The van der Waals surface area contributed by atoms with Crippen molar-refractivity contribution in [1.29, 1.82) is 0 Å². The average molecular weight is 290 g/mol. The molecule has 1 unspecified atom stereocenters. The number of hydrogen-bond donors (Lipinski definition) is 1. The van der Waals surface area contributed by atoms with E-state index in [0.717, 1.165) is 17.3 Å². The van der Waals surface area contributed by atoms with Crippen LogP contribution in [0.15, 0.2) is 16.8 Å². The van der Waals surface area contributed by atoms with E-state index in [0.29, 0.717) is 6.42 Å². The Labute approximate surface area is 103 Å².